The molecule has 6 nitrogen and oxygen atoms in total. The van der Waals surface area contributed by atoms with Crippen molar-refractivity contribution in [1.82, 2.24) is 4.98 Å². The molecule has 0 spiro atoms. The molecule has 1 aromatic rings. The molecule has 94 valence electrons. The number of hydrogen-bond donors (Lipinski definition) is 3. The van der Waals surface area contributed by atoms with E-state index in [0.717, 1.165) is 0 Å². The van der Waals surface area contributed by atoms with Gasteiger partial charge in [-0.2, -0.15) is 0 Å². The number of ether oxygens (including phenoxy) is 1. The highest BCUT2D eigenvalue weighted by Gasteiger charge is 2.28. The summed E-state index contributed by atoms with van der Waals surface area (Å²) in [6.45, 7) is 1.65. The fraction of sp³-hybridized carbons (Fsp3) is 0.400. The van der Waals surface area contributed by atoms with Gasteiger partial charge < -0.3 is 19.9 Å². The highest BCUT2D eigenvalue weighted by atomic mass is 79.9. The average molecular weight is 306 g/mol. The van der Waals surface area contributed by atoms with Gasteiger partial charge in [0.2, 0.25) is 0 Å². The molecule has 17 heavy (non-hydrogen) atoms. The molecule has 2 atom stereocenters. The summed E-state index contributed by atoms with van der Waals surface area (Å²) in [6.07, 6.45) is -2.03. The third kappa shape index (κ3) is 3.39. The molecule has 0 aliphatic rings. The normalized spacial score (nSPS) is 14.1. The second-order valence-corrected chi connectivity index (χ2v) is 4.16. The molecule has 1 heterocycles. The molecule has 0 amide bonds. The number of carbonyl (C=O) groups is 1. The zero-order valence-electron chi connectivity index (χ0n) is 9.01. The molecule has 0 saturated carbocycles. The van der Waals surface area contributed by atoms with Crippen LogP contribution in [0, 0.1) is 0 Å². The first-order valence-electron chi connectivity index (χ1n) is 4.88. The van der Waals surface area contributed by atoms with Crippen molar-refractivity contribution in [3.63, 3.8) is 0 Å². The second kappa shape index (κ2) is 5.95. The Balaban J connectivity index is 2.95. The Hall–Kier alpha value is -1.18. The van der Waals surface area contributed by atoms with Crippen LogP contribution in [0.15, 0.2) is 21.5 Å². The minimum Gasteiger partial charge on any atom is -0.464 e. The topological polar surface area (TPSA) is 99.6 Å². The van der Waals surface area contributed by atoms with E-state index in [2.05, 4.69) is 25.7 Å². The average Bonchev–Trinajstić information content (AvgIpc) is 2.30. The number of aliphatic hydroxyl groups is 2. The Morgan fingerprint density at radius 1 is 1.59 bits per heavy atom. The molecule has 0 bridgehead atoms. The van der Waals surface area contributed by atoms with Crippen LogP contribution in [0.25, 0.3) is 0 Å². The van der Waals surface area contributed by atoms with Gasteiger partial charge in [0, 0.05) is 10.7 Å². The molecular weight excluding hydrogens is 294 g/mol. The van der Waals surface area contributed by atoms with Crippen LogP contribution in [-0.4, -0.2) is 33.9 Å². The van der Waals surface area contributed by atoms with Crippen LogP contribution in [0.2, 0.25) is 0 Å². The molecule has 7 heteroatoms. The smallest absolute Gasteiger partial charge is 0.338 e. The van der Waals surface area contributed by atoms with Crippen molar-refractivity contribution in [2.75, 3.05) is 6.61 Å². The number of aromatic nitrogens is 1. The molecule has 0 fully saturated rings. The maximum atomic E-state index is 11.4. The number of carbonyl (C=O) groups excluding carboxylic acids is 1. The number of nitrogens with one attached hydrogen (secondary N) is 1. The zero-order valence-corrected chi connectivity index (χ0v) is 10.6. The van der Waals surface area contributed by atoms with Crippen LogP contribution >= 0.6 is 15.9 Å². The van der Waals surface area contributed by atoms with E-state index >= 15 is 0 Å². The molecule has 0 aromatic carbocycles. The molecule has 2 unspecified atom stereocenters. The number of hydrogen-bond acceptors (Lipinski definition) is 5. The minimum absolute atomic E-state index is 0.0808. The summed E-state index contributed by atoms with van der Waals surface area (Å²) in [6, 6.07) is 1.33. The summed E-state index contributed by atoms with van der Waals surface area (Å²) in [4.78, 5) is 24.9. The fourth-order valence-corrected chi connectivity index (χ4v) is 1.58. The maximum Gasteiger partial charge on any atom is 0.338 e. The molecule has 1 aromatic heterocycles. The van der Waals surface area contributed by atoms with Gasteiger partial charge in [-0.05, 0) is 28.9 Å². The lowest BCUT2D eigenvalue weighted by Gasteiger charge is -2.15. The number of aromatic amines is 1. The number of aliphatic hydroxyl groups excluding tert-OH is 2. The predicted molar refractivity (Wildman–Crippen MR) is 62.4 cm³/mol. The Bertz CT molecular complexity index is 458. The van der Waals surface area contributed by atoms with Crippen molar-refractivity contribution in [1.29, 1.82) is 0 Å². The van der Waals surface area contributed by atoms with Crippen molar-refractivity contribution >= 4 is 21.9 Å². The van der Waals surface area contributed by atoms with E-state index < -0.39 is 23.7 Å². The van der Waals surface area contributed by atoms with Crippen LogP contribution < -0.4 is 5.56 Å². The van der Waals surface area contributed by atoms with Crippen LogP contribution in [0.4, 0.5) is 0 Å². The largest absolute Gasteiger partial charge is 0.464 e. The van der Waals surface area contributed by atoms with E-state index in [4.69, 9.17) is 0 Å². The van der Waals surface area contributed by atoms with Crippen molar-refractivity contribution < 1.29 is 19.7 Å². The highest BCUT2D eigenvalue weighted by molar-refractivity contribution is 9.10. The summed E-state index contributed by atoms with van der Waals surface area (Å²) in [5.41, 5.74) is -0.691. The SMILES string of the molecule is CCOC(=O)C(O)C(O)c1cc(Br)c[nH]c1=O. The third-order valence-corrected chi connectivity index (χ3v) is 2.50. The van der Waals surface area contributed by atoms with E-state index in [1.54, 1.807) is 6.92 Å². The van der Waals surface area contributed by atoms with E-state index in [9.17, 15) is 19.8 Å². The van der Waals surface area contributed by atoms with Crippen LogP contribution in [0.1, 0.15) is 18.6 Å². The summed E-state index contributed by atoms with van der Waals surface area (Å²) >= 11 is 3.10. The van der Waals surface area contributed by atoms with Gasteiger partial charge in [0.05, 0.1) is 12.2 Å². The standard InChI is InChI=1S/C10H12BrNO5/c1-2-17-10(16)8(14)7(13)6-3-5(11)4-12-9(6)15/h3-4,7-8,13-14H,2H2,1H3,(H,12,15). The Morgan fingerprint density at radius 2 is 2.24 bits per heavy atom. The van der Waals surface area contributed by atoms with Crippen LogP contribution in [0.5, 0.6) is 0 Å². The lowest BCUT2D eigenvalue weighted by molar-refractivity contribution is -0.159. The minimum atomic E-state index is -1.79. The fourth-order valence-electron chi connectivity index (χ4n) is 1.22. The van der Waals surface area contributed by atoms with Crippen molar-refractivity contribution in [3.05, 3.63) is 32.7 Å². The Morgan fingerprint density at radius 3 is 2.82 bits per heavy atom. The van der Waals surface area contributed by atoms with Crippen molar-refractivity contribution in [2.45, 2.75) is 19.1 Å². The van der Waals surface area contributed by atoms with Gasteiger partial charge in [-0.1, -0.05) is 0 Å². The maximum absolute atomic E-state index is 11.4. The quantitative estimate of drug-likeness (QED) is 0.685. The first kappa shape index (κ1) is 13.9. The van der Waals surface area contributed by atoms with Gasteiger partial charge >= 0.3 is 5.97 Å². The third-order valence-electron chi connectivity index (χ3n) is 2.04. The zero-order chi connectivity index (χ0) is 13.0. The molecule has 0 aliphatic heterocycles. The van der Waals surface area contributed by atoms with Gasteiger partial charge in [0.25, 0.3) is 5.56 Å². The van der Waals surface area contributed by atoms with Gasteiger partial charge in [-0.15, -0.1) is 0 Å². The summed E-state index contributed by atoms with van der Waals surface area (Å²) in [5.74, 6) is -0.973. The first-order chi connectivity index (χ1) is 7.97. The van der Waals surface area contributed by atoms with E-state index in [1.165, 1.54) is 12.3 Å². The molecular formula is C10H12BrNO5. The summed E-state index contributed by atoms with van der Waals surface area (Å²) < 4.78 is 5.06. The summed E-state index contributed by atoms with van der Waals surface area (Å²) in [5, 5.41) is 19.2. The lowest BCUT2D eigenvalue weighted by Crippen LogP contribution is -2.33. The van der Waals surface area contributed by atoms with Gasteiger partial charge in [-0.25, -0.2) is 4.79 Å². The van der Waals surface area contributed by atoms with E-state index in [0.29, 0.717) is 4.47 Å². The first-order valence-corrected chi connectivity index (χ1v) is 5.67. The monoisotopic (exact) mass is 305 g/mol. The molecule has 0 radical (unpaired) electrons. The second-order valence-electron chi connectivity index (χ2n) is 3.24. The number of esters is 1. The van der Waals surface area contributed by atoms with Gasteiger partial charge in [0.1, 0.15) is 6.10 Å². The number of halogens is 1. The number of H-pyrrole nitrogens is 1. The predicted octanol–water partition coefficient (Wildman–Crippen LogP) is 0.0948. The lowest BCUT2D eigenvalue weighted by atomic mass is 10.1. The molecule has 3 N–H and O–H groups in total. The van der Waals surface area contributed by atoms with Gasteiger partial charge in [-0.3, -0.25) is 4.79 Å². The van der Waals surface area contributed by atoms with Gasteiger partial charge in [0.15, 0.2) is 6.10 Å². The number of rotatable bonds is 4. The number of pyridine rings is 1. The Labute approximate surface area is 105 Å². The van der Waals surface area contributed by atoms with Crippen LogP contribution in [0.3, 0.4) is 0 Å². The molecule has 0 aliphatic carbocycles. The van der Waals surface area contributed by atoms with E-state index in [-0.39, 0.29) is 12.2 Å². The van der Waals surface area contributed by atoms with Crippen molar-refractivity contribution in [3.8, 4) is 0 Å². The molecule has 1 rings (SSSR count). The Kier molecular flexibility index (Phi) is 4.86. The van der Waals surface area contributed by atoms with Crippen LogP contribution in [-0.2, 0) is 9.53 Å². The highest BCUT2D eigenvalue weighted by Crippen LogP contribution is 2.17. The summed E-state index contributed by atoms with van der Waals surface area (Å²) in [7, 11) is 0. The van der Waals surface area contributed by atoms with E-state index in [1.807, 2.05) is 0 Å². The van der Waals surface area contributed by atoms with Crippen molar-refractivity contribution in [2.24, 2.45) is 0 Å². The molecule has 0 saturated heterocycles.